The quantitative estimate of drug-likeness (QED) is 0.360. The van der Waals surface area contributed by atoms with Gasteiger partial charge in [-0.2, -0.15) is 0 Å². The first-order valence-electron chi connectivity index (χ1n) is 10.0. The third-order valence-electron chi connectivity index (χ3n) is 5.33. The number of esters is 1. The van der Waals surface area contributed by atoms with Crippen LogP contribution in [0.4, 0.5) is 0 Å². The van der Waals surface area contributed by atoms with Gasteiger partial charge in [-0.05, 0) is 25.0 Å². The monoisotopic (exact) mass is 418 g/mol. The summed E-state index contributed by atoms with van der Waals surface area (Å²) in [6.45, 7) is -0.522. The fourth-order valence-corrected chi connectivity index (χ4v) is 3.85. The molecule has 9 heteroatoms. The van der Waals surface area contributed by atoms with Gasteiger partial charge in [0.25, 0.3) is 5.91 Å². The number of carbonyl (C=O) groups excluding carboxylic acids is 4. The van der Waals surface area contributed by atoms with E-state index in [1.165, 1.54) is 7.11 Å². The number of benzene rings is 1. The molecule has 1 saturated heterocycles. The van der Waals surface area contributed by atoms with Gasteiger partial charge in [0, 0.05) is 0 Å². The maximum Gasteiger partial charge on any atom is 0.326 e. The third kappa shape index (κ3) is 5.08. The Morgan fingerprint density at radius 2 is 1.70 bits per heavy atom. The summed E-state index contributed by atoms with van der Waals surface area (Å²) in [5.41, 5.74) is 0. The van der Waals surface area contributed by atoms with E-state index in [9.17, 15) is 19.2 Å². The molecule has 1 N–H and O–H groups in total. The Morgan fingerprint density at radius 1 is 1.07 bits per heavy atom. The van der Waals surface area contributed by atoms with E-state index in [0.29, 0.717) is 24.3 Å². The molecule has 3 rings (SSSR count). The molecular formula is C21H26N2O7. The minimum Gasteiger partial charge on any atom is -0.493 e. The molecule has 0 unspecified atom stereocenters. The SMILES string of the molecule is COc1ccccc1OCCNC(=O)COC(=O)CN1C(=O)[C@H]2CCCC[C@@H]2C1=O. The standard InChI is InChI=1S/C21H26N2O7/c1-28-16-8-4-5-9-17(16)29-11-10-22-18(24)13-30-19(25)12-23-20(26)14-6-2-3-7-15(14)21(23)27/h4-5,8-9,14-15H,2-3,6-7,10-13H2,1H3,(H,22,24)/t14-,15-/m0/s1. The number of carbonyl (C=O) groups is 4. The number of fused-ring (bicyclic) bond motifs is 1. The largest absolute Gasteiger partial charge is 0.493 e. The van der Waals surface area contributed by atoms with E-state index in [0.717, 1.165) is 17.7 Å². The first-order valence-corrected chi connectivity index (χ1v) is 10.0. The van der Waals surface area contributed by atoms with Crippen LogP contribution < -0.4 is 14.8 Å². The third-order valence-corrected chi connectivity index (χ3v) is 5.33. The maximum atomic E-state index is 12.4. The lowest BCUT2D eigenvalue weighted by molar-refractivity contribution is -0.154. The maximum absolute atomic E-state index is 12.4. The van der Waals surface area contributed by atoms with E-state index in [1.807, 2.05) is 6.07 Å². The Balaban J connectivity index is 1.35. The molecule has 0 aromatic heterocycles. The zero-order chi connectivity index (χ0) is 21.5. The molecule has 0 bridgehead atoms. The number of rotatable bonds is 9. The lowest BCUT2D eigenvalue weighted by atomic mass is 9.81. The van der Waals surface area contributed by atoms with Gasteiger partial charge >= 0.3 is 5.97 Å². The molecule has 162 valence electrons. The van der Waals surface area contributed by atoms with Gasteiger partial charge in [-0.3, -0.25) is 24.1 Å². The number of hydrogen-bond acceptors (Lipinski definition) is 7. The lowest BCUT2D eigenvalue weighted by Crippen LogP contribution is -2.38. The van der Waals surface area contributed by atoms with Crippen molar-refractivity contribution in [3.63, 3.8) is 0 Å². The van der Waals surface area contributed by atoms with Gasteiger partial charge in [0.05, 0.1) is 25.5 Å². The molecule has 3 amide bonds. The normalized spacial score (nSPS) is 20.5. The molecule has 9 nitrogen and oxygen atoms in total. The second-order valence-corrected chi connectivity index (χ2v) is 7.27. The summed E-state index contributed by atoms with van der Waals surface area (Å²) in [5, 5.41) is 2.57. The van der Waals surface area contributed by atoms with Crippen molar-refractivity contribution in [3.05, 3.63) is 24.3 Å². The number of methoxy groups -OCH3 is 1. The van der Waals surface area contributed by atoms with Crippen molar-refractivity contribution in [1.82, 2.24) is 10.2 Å². The van der Waals surface area contributed by atoms with Crippen LogP contribution in [0.5, 0.6) is 11.5 Å². The van der Waals surface area contributed by atoms with Crippen molar-refractivity contribution < 1.29 is 33.4 Å². The second-order valence-electron chi connectivity index (χ2n) is 7.27. The predicted molar refractivity (Wildman–Crippen MR) is 105 cm³/mol. The summed E-state index contributed by atoms with van der Waals surface area (Å²) in [4.78, 5) is 49.5. The zero-order valence-corrected chi connectivity index (χ0v) is 16.9. The molecule has 2 atom stereocenters. The van der Waals surface area contributed by atoms with Gasteiger partial charge in [-0.1, -0.05) is 25.0 Å². The van der Waals surface area contributed by atoms with Crippen molar-refractivity contribution in [1.29, 1.82) is 0 Å². The van der Waals surface area contributed by atoms with Gasteiger partial charge in [-0.15, -0.1) is 0 Å². The highest BCUT2D eigenvalue weighted by Crippen LogP contribution is 2.37. The molecule has 2 aliphatic rings. The summed E-state index contributed by atoms with van der Waals surface area (Å²) >= 11 is 0. The second kappa shape index (κ2) is 10.1. The van der Waals surface area contributed by atoms with Crippen LogP contribution in [0.15, 0.2) is 24.3 Å². The van der Waals surface area contributed by atoms with Crippen LogP contribution in [0, 0.1) is 11.8 Å². The molecular weight excluding hydrogens is 392 g/mol. The molecule has 1 aliphatic carbocycles. The average Bonchev–Trinajstić information content (AvgIpc) is 3.00. The first kappa shape index (κ1) is 21.6. The highest BCUT2D eigenvalue weighted by molar-refractivity contribution is 6.07. The summed E-state index contributed by atoms with van der Waals surface area (Å²) in [6.07, 6.45) is 3.19. The van der Waals surface area contributed by atoms with E-state index >= 15 is 0 Å². The van der Waals surface area contributed by atoms with Crippen LogP contribution in [0.1, 0.15) is 25.7 Å². The van der Waals surface area contributed by atoms with Gasteiger partial charge in [0.2, 0.25) is 11.8 Å². The van der Waals surface area contributed by atoms with Crippen molar-refractivity contribution in [3.8, 4) is 11.5 Å². The van der Waals surface area contributed by atoms with E-state index in [-0.39, 0.29) is 36.8 Å². The molecule has 1 aromatic rings. The first-order chi connectivity index (χ1) is 14.5. The Bertz CT molecular complexity index is 786. The molecule has 2 fully saturated rings. The molecule has 0 radical (unpaired) electrons. The zero-order valence-electron chi connectivity index (χ0n) is 16.9. The van der Waals surface area contributed by atoms with E-state index in [4.69, 9.17) is 14.2 Å². The van der Waals surface area contributed by atoms with Gasteiger partial charge in [-0.25, -0.2) is 0 Å². The van der Waals surface area contributed by atoms with Gasteiger partial charge in [0.15, 0.2) is 18.1 Å². The average molecular weight is 418 g/mol. The van der Waals surface area contributed by atoms with Crippen molar-refractivity contribution in [2.45, 2.75) is 25.7 Å². The molecule has 1 aromatic carbocycles. The summed E-state index contributed by atoms with van der Waals surface area (Å²) in [5.74, 6) is -1.38. The van der Waals surface area contributed by atoms with Crippen LogP contribution in [0.25, 0.3) is 0 Å². The molecule has 0 spiro atoms. The number of nitrogens with one attached hydrogen (secondary N) is 1. The topological polar surface area (TPSA) is 111 Å². The van der Waals surface area contributed by atoms with E-state index < -0.39 is 25.0 Å². The molecule has 1 saturated carbocycles. The number of para-hydroxylation sites is 2. The number of nitrogens with zero attached hydrogens (tertiary/aromatic N) is 1. The highest BCUT2D eigenvalue weighted by Gasteiger charge is 2.48. The van der Waals surface area contributed by atoms with E-state index in [2.05, 4.69) is 5.32 Å². The van der Waals surface area contributed by atoms with Crippen molar-refractivity contribution in [2.75, 3.05) is 33.4 Å². The fourth-order valence-electron chi connectivity index (χ4n) is 3.85. The van der Waals surface area contributed by atoms with E-state index in [1.54, 1.807) is 18.2 Å². The highest BCUT2D eigenvalue weighted by atomic mass is 16.5. The Hall–Kier alpha value is -3.10. The molecule has 30 heavy (non-hydrogen) atoms. The Morgan fingerprint density at radius 3 is 2.33 bits per heavy atom. The van der Waals surface area contributed by atoms with Gasteiger partial charge < -0.3 is 19.5 Å². The van der Waals surface area contributed by atoms with Gasteiger partial charge in [0.1, 0.15) is 13.2 Å². The van der Waals surface area contributed by atoms with Crippen molar-refractivity contribution in [2.24, 2.45) is 11.8 Å². The van der Waals surface area contributed by atoms with Crippen LogP contribution in [-0.4, -0.2) is 62.0 Å². The summed E-state index contributed by atoms with van der Waals surface area (Å²) < 4.78 is 15.6. The Labute approximate surface area is 174 Å². The number of likely N-dealkylation sites (tertiary alicyclic amines) is 1. The number of imide groups is 1. The minimum atomic E-state index is -0.782. The van der Waals surface area contributed by atoms with Crippen LogP contribution in [0.3, 0.4) is 0 Å². The number of ether oxygens (including phenoxy) is 3. The van der Waals surface area contributed by atoms with Crippen LogP contribution in [-0.2, 0) is 23.9 Å². The summed E-state index contributed by atoms with van der Waals surface area (Å²) in [7, 11) is 1.54. The predicted octanol–water partition coefficient (Wildman–Crippen LogP) is 0.909. The number of amides is 3. The van der Waals surface area contributed by atoms with Crippen molar-refractivity contribution >= 4 is 23.7 Å². The Kier molecular flexibility index (Phi) is 7.26. The fraction of sp³-hybridized carbons (Fsp3) is 0.524. The van der Waals surface area contributed by atoms with Crippen LogP contribution >= 0.6 is 0 Å². The molecule has 1 aliphatic heterocycles. The smallest absolute Gasteiger partial charge is 0.326 e. The number of hydrogen-bond donors (Lipinski definition) is 1. The lowest BCUT2D eigenvalue weighted by Gasteiger charge is -2.19. The molecule has 1 heterocycles. The summed E-state index contributed by atoms with van der Waals surface area (Å²) in [6, 6.07) is 7.14. The minimum absolute atomic E-state index is 0.208. The van der Waals surface area contributed by atoms with Crippen LogP contribution in [0.2, 0.25) is 0 Å².